The largest absolute Gasteiger partial charge is 0.479 e. The number of nitrogens with one attached hydrogen (secondary N) is 3. The highest BCUT2D eigenvalue weighted by Gasteiger charge is 2.25. The maximum absolute atomic E-state index is 13.0. The van der Waals surface area contributed by atoms with E-state index in [0.29, 0.717) is 10.8 Å². The Bertz CT molecular complexity index is 1390. The molecule has 0 saturated heterocycles. The highest BCUT2D eigenvalue weighted by molar-refractivity contribution is 6.35. The van der Waals surface area contributed by atoms with Crippen LogP contribution in [0.25, 0.3) is 10.9 Å². The average molecular weight is 523 g/mol. The molecule has 2 atom stereocenters. The molecule has 3 aromatic carbocycles. The normalized spacial score (nSPS) is 12.9. The van der Waals surface area contributed by atoms with Crippen molar-refractivity contribution in [1.29, 1.82) is 0 Å². The van der Waals surface area contributed by atoms with Crippen LogP contribution >= 0.6 is 23.2 Å². The number of aromatic amines is 1. The number of H-pyrrole nitrogens is 1. The van der Waals surface area contributed by atoms with Crippen LogP contribution in [0.5, 0.6) is 5.75 Å². The number of carbonyl (C=O) groups excluding carboxylic acids is 2. The first-order chi connectivity index (χ1) is 17.4. The Morgan fingerprint density at radius 2 is 1.78 bits per heavy atom. The molecule has 0 aliphatic rings. The molecule has 0 fully saturated rings. The number of fused-ring (bicyclic) bond motifs is 1. The topological polar surface area (TPSA) is 95.6 Å². The monoisotopic (exact) mass is 522 g/mol. The summed E-state index contributed by atoms with van der Waals surface area (Å²) in [6.07, 6.45) is 2.73. The second-order valence-corrected chi connectivity index (χ2v) is 8.95. The molecule has 9 heteroatoms. The zero-order valence-electron chi connectivity index (χ0n) is 19.4. The minimum Gasteiger partial charge on any atom is -0.479 e. The summed E-state index contributed by atoms with van der Waals surface area (Å²) < 4.78 is 5.70. The second kappa shape index (κ2) is 11.7. The van der Waals surface area contributed by atoms with Crippen LogP contribution in [0, 0.1) is 0 Å². The number of nitrogens with zero attached hydrogens (tertiary/aromatic N) is 1. The Morgan fingerprint density at radius 1 is 1.03 bits per heavy atom. The molecule has 36 heavy (non-hydrogen) atoms. The van der Waals surface area contributed by atoms with Gasteiger partial charge in [0, 0.05) is 34.1 Å². The van der Waals surface area contributed by atoms with E-state index in [1.807, 2.05) is 60.8 Å². The summed E-state index contributed by atoms with van der Waals surface area (Å²) in [6, 6.07) is 21.0. The third-order valence-corrected chi connectivity index (χ3v) is 6.01. The molecule has 184 valence electrons. The lowest BCUT2D eigenvalue weighted by Crippen LogP contribution is -2.50. The Balaban J connectivity index is 1.44. The Morgan fingerprint density at radius 3 is 2.56 bits per heavy atom. The van der Waals surface area contributed by atoms with Crippen molar-refractivity contribution in [1.82, 2.24) is 15.7 Å². The summed E-state index contributed by atoms with van der Waals surface area (Å²) in [6.45, 7) is 1.58. The van der Waals surface area contributed by atoms with E-state index in [2.05, 4.69) is 20.8 Å². The van der Waals surface area contributed by atoms with Gasteiger partial charge in [0.05, 0.1) is 11.2 Å². The van der Waals surface area contributed by atoms with E-state index >= 15 is 0 Å². The second-order valence-electron chi connectivity index (χ2n) is 8.11. The fraction of sp³-hybridized carbons (Fsp3) is 0.148. The van der Waals surface area contributed by atoms with Crippen LogP contribution in [0.4, 0.5) is 0 Å². The summed E-state index contributed by atoms with van der Waals surface area (Å²) in [5.41, 5.74) is 5.22. The van der Waals surface area contributed by atoms with Gasteiger partial charge in [0.1, 0.15) is 11.8 Å². The fourth-order valence-electron chi connectivity index (χ4n) is 3.61. The maximum atomic E-state index is 13.0. The average Bonchev–Trinajstić information content (AvgIpc) is 3.29. The van der Waals surface area contributed by atoms with Gasteiger partial charge in [-0.2, -0.15) is 5.10 Å². The van der Waals surface area contributed by atoms with Gasteiger partial charge in [0.2, 0.25) is 0 Å². The number of hydrogen-bond donors (Lipinski definition) is 3. The molecule has 0 bridgehead atoms. The quantitative estimate of drug-likeness (QED) is 0.210. The summed E-state index contributed by atoms with van der Waals surface area (Å²) in [5, 5.41) is 8.60. The molecule has 0 spiro atoms. The van der Waals surface area contributed by atoms with Gasteiger partial charge in [-0.05, 0) is 36.8 Å². The van der Waals surface area contributed by atoms with Crippen molar-refractivity contribution >= 4 is 52.1 Å². The van der Waals surface area contributed by atoms with E-state index in [0.717, 1.165) is 22.0 Å². The van der Waals surface area contributed by atoms with Gasteiger partial charge in [0.15, 0.2) is 6.10 Å². The lowest BCUT2D eigenvalue weighted by atomic mass is 10.1. The smallest absolute Gasteiger partial charge is 0.262 e. The number of aromatic nitrogens is 1. The molecular weight excluding hydrogens is 499 g/mol. The highest BCUT2D eigenvalue weighted by atomic mass is 35.5. The van der Waals surface area contributed by atoms with Gasteiger partial charge in [-0.3, -0.25) is 9.59 Å². The maximum Gasteiger partial charge on any atom is 0.262 e. The molecule has 4 aromatic rings. The van der Waals surface area contributed by atoms with Crippen LogP contribution in [0.2, 0.25) is 10.0 Å². The molecule has 1 heterocycles. The number of benzene rings is 3. The molecule has 0 aliphatic heterocycles. The molecule has 2 amide bonds. The molecule has 3 N–H and O–H groups in total. The number of amides is 2. The fourth-order valence-corrected chi connectivity index (χ4v) is 4.06. The lowest BCUT2D eigenvalue weighted by Gasteiger charge is -2.21. The minimum absolute atomic E-state index is 0.273. The number of para-hydroxylation sites is 1. The third-order valence-electron chi connectivity index (χ3n) is 5.48. The minimum atomic E-state index is -0.913. The van der Waals surface area contributed by atoms with Gasteiger partial charge >= 0.3 is 0 Å². The molecule has 4 rings (SSSR count). The molecule has 0 saturated carbocycles. The summed E-state index contributed by atoms with van der Waals surface area (Å²) in [7, 11) is 0. The third kappa shape index (κ3) is 6.44. The van der Waals surface area contributed by atoms with E-state index in [1.165, 1.54) is 6.07 Å². The molecule has 0 aliphatic carbocycles. The van der Waals surface area contributed by atoms with Crippen LogP contribution in [0.1, 0.15) is 18.1 Å². The van der Waals surface area contributed by atoms with Crippen molar-refractivity contribution in [3.05, 3.63) is 100 Å². The van der Waals surface area contributed by atoms with Crippen LogP contribution in [-0.4, -0.2) is 35.2 Å². The van der Waals surface area contributed by atoms with Crippen molar-refractivity contribution in [2.75, 3.05) is 0 Å². The van der Waals surface area contributed by atoms with E-state index in [1.54, 1.807) is 25.3 Å². The van der Waals surface area contributed by atoms with E-state index in [4.69, 9.17) is 27.9 Å². The Kier molecular flexibility index (Phi) is 8.25. The predicted molar refractivity (Wildman–Crippen MR) is 143 cm³/mol. The number of hydrogen-bond acceptors (Lipinski definition) is 4. The van der Waals surface area contributed by atoms with Crippen molar-refractivity contribution in [2.24, 2.45) is 5.10 Å². The summed E-state index contributed by atoms with van der Waals surface area (Å²) in [5.74, 6) is -0.617. The zero-order valence-corrected chi connectivity index (χ0v) is 20.9. The zero-order chi connectivity index (χ0) is 25.5. The SMILES string of the molecule is C[C@H](Oc1ccc(Cl)cc1Cl)C(=O)N[C@@H](Cc1ccccc1)C(=O)N/N=C\c1c[nH]c2ccccc12. The lowest BCUT2D eigenvalue weighted by molar-refractivity contribution is -0.132. The van der Waals surface area contributed by atoms with Crippen molar-refractivity contribution in [3.8, 4) is 5.75 Å². The van der Waals surface area contributed by atoms with E-state index < -0.39 is 24.0 Å². The number of hydrazone groups is 1. The van der Waals surface area contributed by atoms with Crippen molar-refractivity contribution < 1.29 is 14.3 Å². The Hall–Kier alpha value is -3.81. The molecular formula is C27H24Cl2N4O3. The van der Waals surface area contributed by atoms with E-state index in [-0.39, 0.29) is 11.4 Å². The predicted octanol–water partition coefficient (Wildman–Crippen LogP) is 5.12. The number of rotatable bonds is 9. The highest BCUT2D eigenvalue weighted by Crippen LogP contribution is 2.28. The number of carbonyl (C=O) groups is 2. The first kappa shape index (κ1) is 25.3. The first-order valence-electron chi connectivity index (χ1n) is 11.3. The van der Waals surface area contributed by atoms with Crippen LogP contribution in [-0.2, 0) is 16.0 Å². The molecule has 0 radical (unpaired) electrons. The van der Waals surface area contributed by atoms with Gasteiger partial charge in [0.25, 0.3) is 11.8 Å². The van der Waals surface area contributed by atoms with Crippen LogP contribution in [0.15, 0.2) is 84.1 Å². The van der Waals surface area contributed by atoms with E-state index in [9.17, 15) is 9.59 Å². The summed E-state index contributed by atoms with van der Waals surface area (Å²) in [4.78, 5) is 29.1. The van der Waals surface area contributed by atoms with Crippen molar-refractivity contribution in [2.45, 2.75) is 25.5 Å². The molecule has 7 nitrogen and oxygen atoms in total. The Labute approximate surface area is 218 Å². The van der Waals surface area contributed by atoms with Gasteiger partial charge in [-0.15, -0.1) is 0 Å². The number of ether oxygens (including phenoxy) is 1. The summed E-state index contributed by atoms with van der Waals surface area (Å²) >= 11 is 12.1. The van der Waals surface area contributed by atoms with Gasteiger partial charge < -0.3 is 15.0 Å². The number of halogens is 2. The van der Waals surface area contributed by atoms with Gasteiger partial charge in [-0.1, -0.05) is 71.7 Å². The van der Waals surface area contributed by atoms with Crippen molar-refractivity contribution in [3.63, 3.8) is 0 Å². The first-order valence-corrected chi connectivity index (χ1v) is 12.0. The van der Waals surface area contributed by atoms with Crippen LogP contribution < -0.4 is 15.5 Å². The standard InChI is InChI=1S/C27H24Cl2N4O3/c1-17(36-25-12-11-20(28)14-22(25)29)26(34)32-24(13-18-7-3-2-4-8-18)27(35)33-31-16-19-15-30-23-10-6-5-9-21(19)23/h2-12,14-17,24,30H,13H2,1H3,(H,32,34)(H,33,35)/b31-16-/t17-,24-/m0/s1. The van der Waals surface area contributed by atoms with Crippen LogP contribution in [0.3, 0.4) is 0 Å². The van der Waals surface area contributed by atoms with Gasteiger partial charge in [-0.25, -0.2) is 5.43 Å². The molecule has 0 unspecified atom stereocenters. The molecule has 1 aromatic heterocycles.